The van der Waals surface area contributed by atoms with E-state index in [4.69, 9.17) is 10.8 Å². The molecule has 0 radical (unpaired) electrons. The predicted molar refractivity (Wildman–Crippen MR) is 84.9 cm³/mol. The maximum absolute atomic E-state index is 11.9. The number of carboxylic acids is 1. The molecule has 124 valence electrons. The second kappa shape index (κ2) is 9.03. The van der Waals surface area contributed by atoms with E-state index >= 15 is 0 Å². The lowest BCUT2D eigenvalue weighted by Crippen LogP contribution is -2.45. The Morgan fingerprint density at radius 2 is 1.81 bits per heavy atom. The molecular weight excluding hydrogens is 268 g/mol. The van der Waals surface area contributed by atoms with Crippen LogP contribution in [0.1, 0.15) is 60.3 Å². The molecule has 0 fully saturated rings. The molecule has 0 aromatic rings. The Balaban J connectivity index is 4.31. The highest BCUT2D eigenvalue weighted by Gasteiger charge is 2.25. The van der Waals surface area contributed by atoms with Gasteiger partial charge in [0.15, 0.2) is 0 Å². The third kappa shape index (κ3) is 8.05. The molecular formula is C16H32N2O3. The average Bonchev–Trinajstić information content (AvgIpc) is 2.38. The Morgan fingerprint density at radius 3 is 2.24 bits per heavy atom. The van der Waals surface area contributed by atoms with E-state index in [9.17, 15) is 9.59 Å². The van der Waals surface area contributed by atoms with Crippen molar-refractivity contribution in [1.82, 2.24) is 5.32 Å². The number of hydrogen-bond acceptors (Lipinski definition) is 3. The Bertz CT molecular complexity index is 337. The van der Waals surface area contributed by atoms with Crippen molar-refractivity contribution in [3.63, 3.8) is 0 Å². The maximum atomic E-state index is 11.9. The Morgan fingerprint density at radius 1 is 1.24 bits per heavy atom. The zero-order chi connectivity index (χ0) is 16.6. The van der Waals surface area contributed by atoms with Gasteiger partial charge in [0.2, 0.25) is 5.91 Å². The van der Waals surface area contributed by atoms with Crippen LogP contribution in [0.4, 0.5) is 0 Å². The van der Waals surface area contributed by atoms with Crippen LogP contribution in [-0.4, -0.2) is 29.6 Å². The number of hydrogen-bond donors (Lipinski definition) is 3. The Hall–Kier alpha value is -1.10. The van der Waals surface area contributed by atoms with E-state index < -0.39 is 12.0 Å². The van der Waals surface area contributed by atoms with Crippen molar-refractivity contribution < 1.29 is 14.7 Å². The van der Waals surface area contributed by atoms with Gasteiger partial charge in [-0.1, -0.05) is 41.0 Å². The molecule has 21 heavy (non-hydrogen) atoms. The second-order valence-electron chi connectivity index (χ2n) is 6.99. The molecule has 5 nitrogen and oxygen atoms in total. The molecule has 3 atom stereocenters. The van der Waals surface area contributed by atoms with Gasteiger partial charge in [-0.15, -0.1) is 0 Å². The highest BCUT2D eigenvalue weighted by atomic mass is 16.4. The fraction of sp³-hybridized carbons (Fsp3) is 0.875. The predicted octanol–water partition coefficient (Wildman–Crippen LogP) is 2.39. The van der Waals surface area contributed by atoms with Gasteiger partial charge in [0.1, 0.15) is 0 Å². The number of rotatable bonds is 9. The number of nitrogens with two attached hydrogens (primary N) is 1. The first-order valence-corrected chi connectivity index (χ1v) is 7.84. The summed E-state index contributed by atoms with van der Waals surface area (Å²) in [4.78, 5) is 22.6. The van der Waals surface area contributed by atoms with Crippen LogP contribution < -0.4 is 11.1 Å². The summed E-state index contributed by atoms with van der Waals surface area (Å²) >= 11 is 0. The molecule has 0 aliphatic heterocycles. The standard InChI is InChI=1S/C16H32N2O3/c1-6-11(2)14(17)15(21)18-10-9-12(16(3,4)5)7-8-13(19)20/h11-12,14H,6-10,17H2,1-5H3,(H,18,21)(H,19,20). The van der Waals surface area contributed by atoms with Gasteiger partial charge in [0.25, 0.3) is 0 Å². The molecule has 5 heteroatoms. The second-order valence-corrected chi connectivity index (χ2v) is 6.99. The number of aliphatic carboxylic acids is 1. The third-order valence-corrected chi connectivity index (χ3v) is 4.28. The first-order chi connectivity index (χ1) is 9.59. The monoisotopic (exact) mass is 300 g/mol. The minimum absolute atomic E-state index is 0.0268. The van der Waals surface area contributed by atoms with Crippen LogP contribution in [0.15, 0.2) is 0 Å². The van der Waals surface area contributed by atoms with Crippen molar-refractivity contribution in [2.75, 3.05) is 6.54 Å². The van der Waals surface area contributed by atoms with Crippen LogP contribution >= 0.6 is 0 Å². The highest BCUT2D eigenvalue weighted by Crippen LogP contribution is 2.32. The number of carbonyl (C=O) groups excluding carboxylic acids is 1. The molecule has 0 rings (SSSR count). The number of carbonyl (C=O) groups is 2. The van der Waals surface area contributed by atoms with E-state index in [1.54, 1.807) is 0 Å². The fourth-order valence-electron chi connectivity index (χ4n) is 2.31. The summed E-state index contributed by atoms with van der Waals surface area (Å²) < 4.78 is 0. The molecule has 0 aliphatic rings. The number of carboxylic acid groups (broad SMARTS) is 1. The summed E-state index contributed by atoms with van der Waals surface area (Å²) in [5.74, 6) is -0.466. The minimum atomic E-state index is -0.771. The summed E-state index contributed by atoms with van der Waals surface area (Å²) in [6.45, 7) is 10.8. The Labute approximate surface area is 128 Å². The van der Waals surface area contributed by atoms with Crippen molar-refractivity contribution in [3.8, 4) is 0 Å². The summed E-state index contributed by atoms with van der Waals surface area (Å²) in [5.41, 5.74) is 5.91. The van der Waals surface area contributed by atoms with Crippen LogP contribution in [0.5, 0.6) is 0 Å². The maximum Gasteiger partial charge on any atom is 0.303 e. The van der Waals surface area contributed by atoms with Crippen LogP contribution in [0, 0.1) is 17.3 Å². The van der Waals surface area contributed by atoms with Crippen molar-refractivity contribution in [2.45, 2.75) is 66.3 Å². The van der Waals surface area contributed by atoms with E-state index in [2.05, 4.69) is 26.1 Å². The summed E-state index contributed by atoms with van der Waals surface area (Å²) in [6, 6.07) is -0.470. The highest BCUT2D eigenvalue weighted by molar-refractivity contribution is 5.81. The van der Waals surface area contributed by atoms with Crippen LogP contribution in [0.25, 0.3) is 0 Å². The lowest BCUT2D eigenvalue weighted by molar-refractivity contribution is -0.137. The molecule has 0 saturated carbocycles. The zero-order valence-electron chi connectivity index (χ0n) is 14.1. The third-order valence-electron chi connectivity index (χ3n) is 4.28. The summed E-state index contributed by atoms with van der Waals surface area (Å²) in [6.07, 6.45) is 2.45. The van der Waals surface area contributed by atoms with E-state index in [-0.39, 0.29) is 29.6 Å². The molecule has 0 bridgehead atoms. The molecule has 3 unspecified atom stereocenters. The van der Waals surface area contributed by atoms with E-state index in [0.29, 0.717) is 13.0 Å². The molecule has 1 amide bonds. The molecule has 0 aromatic heterocycles. The SMILES string of the molecule is CCC(C)C(N)C(=O)NCCC(CCC(=O)O)C(C)(C)C. The fourth-order valence-corrected chi connectivity index (χ4v) is 2.31. The van der Waals surface area contributed by atoms with E-state index in [1.807, 2.05) is 13.8 Å². The smallest absolute Gasteiger partial charge is 0.303 e. The van der Waals surface area contributed by atoms with Gasteiger partial charge >= 0.3 is 5.97 Å². The molecule has 0 saturated heterocycles. The topological polar surface area (TPSA) is 92.4 Å². The van der Waals surface area contributed by atoms with Crippen molar-refractivity contribution >= 4 is 11.9 Å². The number of amides is 1. The van der Waals surface area contributed by atoms with Crippen LogP contribution in [-0.2, 0) is 9.59 Å². The van der Waals surface area contributed by atoms with Gasteiger partial charge in [-0.2, -0.15) is 0 Å². The van der Waals surface area contributed by atoms with Gasteiger partial charge < -0.3 is 16.2 Å². The van der Waals surface area contributed by atoms with Crippen molar-refractivity contribution in [1.29, 1.82) is 0 Å². The molecule has 0 aromatic carbocycles. The molecule has 0 heterocycles. The largest absolute Gasteiger partial charge is 0.481 e. The lowest BCUT2D eigenvalue weighted by atomic mass is 9.76. The summed E-state index contributed by atoms with van der Waals surface area (Å²) in [5, 5.41) is 11.7. The van der Waals surface area contributed by atoms with E-state index in [1.165, 1.54) is 0 Å². The van der Waals surface area contributed by atoms with Crippen LogP contribution in [0.3, 0.4) is 0 Å². The first-order valence-electron chi connectivity index (χ1n) is 7.84. The van der Waals surface area contributed by atoms with Gasteiger partial charge in [-0.25, -0.2) is 0 Å². The minimum Gasteiger partial charge on any atom is -0.481 e. The first kappa shape index (κ1) is 19.9. The molecule has 4 N–H and O–H groups in total. The van der Waals surface area contributed by atoms with Gasteiger partial charge in [-0.05, 0) is 30.1 Å². The number of nitrogens with one attached hydrogen (secondary N) is 1. The average molecular weight is 300 g/mol. The lowest BCUT2D eigenvalue weighted by Gasteiger charge is -2.31. The van der Waals surface area contributed by atoms with E-state index in [0.717, 1.165) is 12.8 Å². The van der Waals surface area contributed by atoms with Gasteiger partial charge in [-0.3, -0.25) is 9.59 Å². The summed E-state index contributed by atoms with van der Waals surface area (Å²) in [7, 11) is 0. The van der Waals surface area contributed by atoms with Crippen LogP contribution in [0.2, 0.25) is 0 Å². The molecule has 0 aliphatic carbocycles. The molecule has 0 spiro atoms. The zero-order valence-corrected chi connectivity index (χ0v) is 14.1. The normalized spacial score (nSPS) is 16.1. The van der Waals surface area contributed by atoms with Crippen molar-refractivity contribution in [3.05, 3.63) is 0 Å². The quantitative estimate of drug-likeness (QED) is 0.609. The van der Waals surface area contributed by atoms with Gasteiger partial charge in [0, 0.05) is 13.0 Å². The van der Waals surface area contributed by atoms with Crippen molar-refractivity contribution in [2.24, 2.45) is 23.0 Å². The Kier molecular flexibility index (Phi) is 8.55. The van der Waals surface area contributed by atoms with Gasteiger partial charge in [0.05, 0.1) is 6.04 Å².